The van der Waals surface area contributed by atoms with E-state index in [4.69, 9.17) is 24.3 Å². The van der Waals surface area contributed by atoms with Crippen molar-refractivity contribution in [2.24, 2.45) is 0 Å². The molecule has 0 aromatic carbocycles. The van der Waals surface area contributed by atoms with Crippen LogP contribution in [0.15, 0.2) is 0 Å². The van der Waals surface area contributed by atoms with E-state index in [0.717, 1.165) is 0 Å². The van der Waals surface area contributed by atoms with E-state index in [0.29, 0.717) is 0 Å². The maximum atomic E-state index is 8.98. The molecule has 0 aliphatic heterocycles. The molecular weight excluding hydrogens is 341 g/mol. The van der Waals surface area contributed by atoms with Gasteiger partial charge >= 0.3 is 14.1 Å². The van der Waals surface area contributed by atoms with E-state index in [1.807, 2.05) is 0 Å². The number of carbonyl (C=O) groups excluding carboxylic acids is 3. The van der Waals surface area contributed by atoms with Crippen molar-refractivity contribution in [2.75, 3.05) is 0 Å². The van der Waals surface area contributed by atoms with Crippen molar-refractivity contribution in [3.63, 3.8) is 0 Å². The molecular formula is C4H2Cl6O5. The molecule has 0 fully saturated rings. The Labute approximate surface area is 114 Å². The quantitative estimate of drug-likeness (QED) is 0.519. The molecule has 11 heteroatoms. The Morgan fingerprint density at radius 2 is 0.733 bits per heavy atom. The molecule has 0 atom stereocenters. The lowest BCUT2D eigenvalue weighted by Crippen LogP contribution is -1.49. The highest BCUT2D eigenvalue weighted by molar-refractivity contribution is 6.94. The fourth-order valence-electron chi connectivity index (χ4n) is 0. The van der Waals surface area contributed by atoms with Gasteiger partial charge < -0.3 is 5.11 Å². The number of rotatable bonds is 0. The van der Waals surface area contributed by atoms with E-state index >= 15 is 0 Å². The molecule has 0 bridgehead atoms. The van der Waals surface area contributed by atoms with Gasteiger partial charge in [0.15, 0.2) is 0 Å². The second kappa shape index (κ2) is 23.8. The smallest absolute Gasteiger partial charge is 0.313 e. The average Bonchev–Trinajstić information content (AvgIpc) is 1.81. The average molecular weight is 343 g/mol. The molecule has 0 heterocycles. The monoisotopic (exact) mass is 340 g/mol. The minimum atomic E-state index is -0.889. The van der Waals surface area contributed by atoms with E-state index in [1.165, 1.54) is 0 Å². The standard InChI is InChI=1S/3CCl2O.CH2O2/c3*2-1(3)4;2-1-3/h;;;1H,(H,2,3). The van der Waals surface area contributed by atoms with Crippen LogP contribution in [0.1, 0.15) is 0 Å². The van der Waals surface area contributed by atoms with Crippen molar-refractivity contribution in [3.05, 3.63) is 0 Å². The summed E-state index contributed by atoms with van der Waals surface area (Å²) in [4.78, 5) is 35.3. The van der Waals surface area contributed by atoms with Gasteiger partial charge in [-0.15, -0.1) is 0 Å². The highest BCUT2D eigenvalue weighted by Gasteiger charge is 1.72. The van der Waals surface area contributed by atoms with Gasteiger partial charge in [0.05, 0.1) is 0 Å². The number of carboxylic acid groups (broad SMARTS) is 1. The molecule has 0 saturated heterocycles. The van der Waals surface area contributed by atoms with Gasteiger partial charge in [-0.2, -0.15) is 0 Å². The first-order chi connectivity index (χ1) is 6.61. The Hall–Kier alpha value is 0.220. The van der Waals surface area contributed by atoms with Crippen LogP contribution < -0.4 is 0 Å². The van der Waals surface area contributed by atoms with Gasteiger partial charge in [0.25, 0.3) is 6.47 Å². The van der Waals surface area contributed by atoms with Crippen LogP contribution in [0.2, 0.25) is 0 Å². The molecule has 5 nitrogen and oxygen atoms in total. The van der Waals surface area contributed by atoms with Crippen molar-refractivity contribution in [3.8, 4) is 0 Å². The first kappa shape index (κ1) is 24.4. The van der Waals surface area contributed by atoms with Crippen LogP contribution in [0.25, 0.3) is 0 Å². The van der Waals surface area contributed by atoms with E-state index in [1.54, 1.807) is 0 Å². The molecule has 1 N–H and O–H groups in total. The Bertz CT molecular complexity index is 153. The summed E-state index contributed by atoms with van der Waals surface area (Å²) in [5.74, 6) is 0. The molecule has 15 heavy (non-hydrogen) atoms. The predicted octanol–water partition coefficient (Wildman–Crippen LogP) is 4.45. The van der Waals surface area contributed by atoms with Gasteiger partial charge in [-0.3, -0.25) is 19.2 Å². The van der Waals surface area contributed by atoms with Crippen LogP contribution >= 0.6 is 69.6 Å². The number of hydrogen-bond donors (Lipinski definition) is 1. The highest BCUT2D eigenvalue weighted by Crippen LogP contribution is 1.84. The number of hydrogen-bond acceptors (Lipinski definition) is 4. The zero-order valence-electron chi connectivity index (χ0n) is 6.43. The summed E-state index contributed by atoms with van der Waals surface area (Å²) >= 11 is 26.4. The predicted molar refractivity (Wildman–Crippen MR) is 60.0 cm³/mol. The fraction of sp³-hybridized carbons (Fsp3) is 0. The van der Waals surface area contributed by atoms with Crippen molar-refractivity contribution in [1.29, 1.82) is 0 Å². The second-order valence-corrected chi connectivity index (χ2v) is 3.42. The fourth-order valence-corrected chi connectivity index (χ4v) is 0. The van der Waals surface area contributed by atoms with Crippen LogP contribution in [0, 0.1) is 0 Å². The van der Waals surface area contributed by atoms with Crippen LogP contribution in [0.3, 0.4) is 0 Å². The van der Waals surface area contributed by atoms with Crippen LogP contribution in [0.4, 0.5) is 14.4 Å². The molecule has 0 aliphatic carbocycles. The number of carbonyl (C=O) groups is 4. The molecule has 0 saturated carbocycles. The molecule has 0 spiro atoms. The third-order valence-electron chi connectivity index (χ3n) is 0. The van der Waals surface area contributed by atoms with Crippen molar-refractivity contribution < 1.29 is 24.3 Å². The summed E-state index contributed by atoms with van der Waals surface area (Å²) in [5, 5.41) is 6.89. The third-order valence-corrected chi connectivity index (χ3v) is 0. The summed E-state index contributed by atoms with van der Waals surface area (Å²) < 4.78 is -2.67. The molecule has 0 radical (unpaired) electrons. The largest absolute Gasteiger partial charge is 0.483 e. The van der Waals surface area contributed by atoms with Crippen LogP contribution in [0.5, 0.6) is 0 Å². The normalized spacial score (nSPS) is 6.00. The van der Waals surface area contributed by atoms with E-state index in [2.05, 4.69) is 69.6 Å². The summed E-state index contributed by atoms with van der Waals surface area (Å²) in [6, 6.07) is 0. The minimum absolute atomic E-state index is 0.250. The topological polar surface area (TPSA) is 88.5 Å². The molecule has 0 amide bonds. The Morgan fingerprint density at radius 1 is 0.733 bits per heavy atom. The van der Waals surface area contributed by atoms with Crippen molar-refractivity contribution in [2.45, 2.75) is 0 Å². The second-order valence-electron chi connectivity index (χ2n) is 0.783. The lowest BCUT2D eigenvalue weighted by molar-refractivity contribution is -0.122. The van der Waals surface area contributed by atoms with Crippen molar-refractivity contribution in [1.82, 2.24) is 0 Å². The minimum Gasteiger partial charge on any atom is -0.483 e. The summed E-state index contributed by atoms with van der Waals surface area (Å²) in [6.07, 6.45) is 0. The lowest BCUT2D eigenvalue weighted by atomic mass is 11.7. The zero-order chi connectivity index (χ0) is 13.4. The summed E-state index contributed by atoms with van der Waals surface area (Å²) in [6.45, 7) is -0.250. The van der Waals surface area contributed by atoms with E-state index in [9.17, 15) is 0 Å². The van der Waals surface area contributed by atoms with Gasteiger partial charge in [-0.1, -0.05) is 0 Å². The molecule has 0 aromatic heterocycles. The molecule has 0 aromatic rings. The third kappa shape index (κ3) is 43900. The van der Waals surface area contributed by atoms with E-state index < -0.39 is 14.1 Å². The highest BCUT2D eigenvalue weighted by atomic mass is 35.5. The Balaban J connectivity index is -0.0000000542. The van der Waals surface area contributed by atoms with Gasteiger partial charge in [0.1, 0.15) is 0 Å². The van der Waals surface area contributed by atoms with Crippen LogP contribution in [-0.4, -0.2) is 25.7 Å². The van der Waals surface area contributed by atoms with Gasteiger partial charge in [-0.25, -0.2) is 0 Å². The van der Waals surface area contributed by atoms with Crippen molar-refractivity contribution >= 4 is 90.2 Å². The Kier molecular flexibility index (Phi) is 38.8. The summed E-state index contributed by atoms with van der Waals surface area (Å²) in [7, 11) is 0. The number of halogens is 6. The van der Waals surface area contributed by atoms with Gasteiger partial charge in [-0.05, 0) is 69.6 Å². The van der Waals surface area contributed by atoms with Gasteiger partial charge in [0.2, 0.25) is 0 Å². The molecule has 0 rings (SSSR count). The Morgan fingerprint density at radius 3 is 0.733 bits per heavy atom. The first-order valence-corrected chi connectivity index (χ1v) is 4.51. The van der Waals surface area contributed by atoms with E-state index in [-0.39, 0.29) is 6.47 Å². The molecule has 0 unspecified atom stereocenters. The maximum Gasteiger partial charge on any atom is 0.313 e. The van der Waals surface area contributed by atoms with Gasteiger partial charge in [0, 0.05) is 0 Å². The lowest BCUT2D eigenvalue weighted by Gasteiger charge is -1.48. The SMILES string of the molecule is O=C(Cl)Cl.O=C(Cl)Cl.O=C(Cl)Cl.O=CO. The zero-order valence-corrected chi connectivity index (χ0v) is 11.0. The first-order valence-electron chi connectivity index (χ1n) is 2.24. The maximum absolute atomic E-state index is 8.98. The summed E-state index contributed by atoms with van der Waals surface area (Å²) in [5.41, 5.74) is 0. The molecule has 0 aliphatic rings. The van der Waals surface area contributed by atoms with Crippen LogP contribution in [-0.2, 0) is 4.79 Å². The molecule has 90 valence electrons.